The van der Waals surface area contributed by atoms with E-state index in [0.29, 0.717) is 5.75 Å². The summed E-state index contributed by atoms with van der Waals surface area (Å²) in [5.41, 5.74) is 0.238. The van der Waals surface area contributed by atoms with Crippen LogP contribution in [-0.2, 0) is 4.79 Å². The van der Waals surface area contributed by atoms with E-state index in [1.54, 1.807) is 25.1 Å². The molecule has 1 aromatic carbocycles. The van der Waals surface area contributed by atoms with E-state index in [4.69, 9.17) is 21.4 Å². The average Bonchev–Trinajstić information content (AvgIpc) is 2.35. The molecule has 0 amide bonds. The second kappa shape index (κ2) is 5.87. The molecule has 0 aliphatic carbocycles. The van der Waals surface area contributed by atoms with Gasteiger partial charge in [-0.2, -0.15) is 0 Å². The van der Waals surface area contributed by atoms with Gasteiger partial charge >= 0.3 is 5.97 Å². The summed E-state index contributed by atoms with van der Waals surface area (Å²) in [4.78, 5) is 23.2. The average molecular weight is 271 g/mol. The Morgan fingerprint density at radius 1 is 1.28 bits per heavy atom. The van der Waals surface area contributed by atoms with E-state index in [1.807, 2.05) is 0 Å². The van der Waals surface area contributed by atoms with Gasteiger partial charge in [-0.15, -0.1) is 0 Å². The van der Waals surface area contributed by atoms with Crippen molar-refractivity contribution in [2.45, 2.75) is 13.8 Å². The first-order valence-electron chi connectivity index (χ1n) is 5.49. The molecular formula is C13H15ClO4. The van der Waals surface area contributed by atoms with Crippen molar-refractivity contribution >= 4 is 23.4 Å². The van der Waals surface area contributed by atoms with Crippen molar-refractivity contribution in [3.05, 3.63) is 28.8 Å². The van der Waals surface area contributed by atoms with Crippen LogP contribution in [0.5, 0.6) is 5.75 Å². The summed E-state index contributed by atoms with van der Waals surface area (Å²) in [6.07, 6.45) is 0. The third-order valence-corrected chi connectivity index (χ3v) is 3.31. The molecule has 5 heteroatoms. The summed E-state index contributed by atoms with van der Waals surface area (Å²) < 4.78 is 5.08. The minimum Gasteiger partial charge on any atom is -0.496 e. The Labute approximate surface area is 111 Å². The molecule has 0 heterocycles. The Bertz CT molecular complexity index is 470. The number of rotatable bonds is 5. The number of carboxylic acid groups (broad SMARTS) is 1. The van der Waals surface area contributed by atoms with Crippen molar-refractivity contribution in [3.63, 3.8) is 0 Å². The number of benzene rings is 1. The minimum absolute atomic E-state index is 0.238. The number of halogens is 1. The van der Waals surface area contributed by atoms with Crippen LogP contribution in [-0.4, -0.2) is 24.0 Å². The molecule has 0 aromatic heterocycles. The number of hydrogen-bond donors (Lipinski definition) is 1. The minimum atomic E-state index is -1.01. The van der Waals surface area contributed by atoms with Gasteiger partial charge in [-0.25, -0.2) is 0 Å². The Balaban J connectivity index is 3.15. The van der Waals surface area contributed by atoms with Gasteiger partial charge in [-0.1, -0.05) is 31.5 Å². The first kappa shape index (κ1) is 14.5. The molecule has 0 spiro atoms. The van der Waals surface area contributed by atoms with Crippen molar-refractivity contribution in [3.8, 4) is 5.75 Å². The SMILES string of the molecule is COc1cccc(Cl)c1C(=O)C(C)C(C)C(=O)O. The Morgan fingerprint density at radius 2 is 1.89 bits per heavy atom. The summed E-state index contributed by atoms with van der Waals surface area (Å²) in [6, 6.07) is 4.87. The Hall–Kier alpha value is -1.55. The van der Waals surface area contributed by atoms with Crippen molar-refractivity contribution in [1.82, 2.24) is 0 Å². The largest absolute Gasteiger partial charge is 0.496 e. The molecule has 0 radical (unpaired) electrons. The van der Waals surface area contributed by atoms with E-state index in [0.717, 1.165) is 0 Å². The summed E-state index contributed by atoms with van der Waals surface area (Å²) in [7, 11) is 1.44. The van der Waals surface area contributed by atoms with Crippen molar-refractivity contribution in [1.29, 1.82) is 0 Å². The van der Waals surface area contributed by atoms with Gasteiger partial charge < -0.3 is 9.84 Å². The van der Waals surface area contributed by atoms with E-state index >= 15 is 0 Å². The third kappa shape index (κ3) is 2.82. The van der Waals surface area contributed by atoms with Crippen LogP contribution in [0.3, 0.4) is 0 Å². The van der Waals surface area contributed by atoms with Gasteiger partial charge in [0.15, 0.2) is 5.78 Å². The number of methoxy groups -OCH3 is 1. The van der Waals surface area contributed by atoms with Gasteiger partial charge in [-0.05, 0) is 12.1 Å². The molecule has 2 atom stereocenters. The topological polar surface area (TPSA) is 63.6 Å². The van der Waals surface area contributed by atoms with Gasteiger partial charge in [-0.3, -0.25) is 9.59 Å². The van der Waals surface area contributed by atoms with Gasteiger partial charge in [0.05, 0.1) is 23.6 Å². The number of carbonyl (C=O) groups is 2. The van der Waals surface area contributed by atoms with Crippen LogP contribution >= 0.6 is 11.6 Å². The first-order chi connectivity index (χ1) is 8.40. The highest BCUT2D eigenvalue weighted by molar-refractivity contribution is 6.34. The zero-order valence-corrected chi connectivity index (χ0v) is 11.2. The predicted octanol–water partition coefficient (Wildman–Crippen LogP) is 2.89. The number of aliphatic carboxylic acids is 1. The molecule has 4 nitrogen and oxygen atoms in total. The molecule has 1 rings (SSSR count). The normalized spacial score (nSPS) is 13.8. The molecule has 1 aromatic rings. The Morgan fingerprint density at radius 3 is 2.39 bits per heavy atom. The number of hydrogen-bond acceptors (Lipinski definition) is 3. The molecular weight excluding hydrogens is 256 g/mol. The van der Waals surface area contributed by atoms with Crippen LogP contribution in [0.15, 0.2) is 18.2 Å². The molecule has 0 aliphatic rings. The maximum atomic E-state index is 12.3. The number of ketones is 1. The molecule has 18 heavy (non-hydrogen) atoms. The number of carboxylic acids is 1. The van der Waals surface area contributed by atoms with Gasteiger partial charge in [0, 0.05) is 5.92 Å². The highest BCUT2D eigenvalue weighted by Gasteiger charge is 2.29. The van der Waals surface area contributed by atoms with Gasteiger partial charge in [0.25, 0.3) is 0 Å². The highest BCUT2D eigenvalue weighted by atomic mass is 35.5. The third-order valence-electron chi connectivity index (χ3n) is 2.99. The monoisotopic (exact) mass is 270 g/mol. The lowest BCUT2D eigenvalue weighted by Crippen LogP contribution is -2.25. The van der Waals surface area contributed by atoms with E-state index in [1.165, 1.54) is 14.0 Å². The zero-order valence-electron chi connectivity index (χ0n) is 10.4. The number of carbonyl (C=O) groups excluding carboxylic acids is 1. The van der Waals surface area contributed by atoms with Crippen molar-refractivity contribution < 1.29 is 19.4 Å². The molecule has 0 saturated heterocycles. The van der Waals surface area contributed by atoms with Crippen LogP contribution < -0.4 is 4.74 Å². The van der Waals surface area contributed by atoms with E-state index in [9.17, 15) is 9.59 Å². The van der Waals surface area contributed by atoms with Crippen LogP contribution in [0.1, 0.15) is 24.2 Å². The van der Waals surface area contributed by atoms with Crippen LogP contribution in [0.4, 0.5) is 0 Å². The number of Topliss-reactive ketones (excluding diaryl/α,β-unsaturated/α-hetero) is 1. The highest BCUT2D eigenvalue weighted by Crippen LogP contribution is 2.30. The van der Waals surface area contributed by atoms with Crippen LogP contribution in [0.25, 0.3) is 0 Å². The van der Waals surface area contributed by atoms with Crippen LogP contribution in [0.2, 0.25) is 5.02 Å². The maximum Gasteiger partial charge on any atom is 0.306 e. The number of ether oxygens (including phenoxy) is 1. The maximum absolute atomic E-state index is 12.3. The van der Waals surface area contributed by atoms with Gasteiger partial charge in [0.2, 0.25) is 0 Å². The smallest absolute Gasteiger partial charge is 0.306 e. The molecule has 2 unspecified atom stereocenters. The lowest BCUT2D eigenvalue weighted by atomic mass is 9.88. The fraction of sp³-hybridized carbons (Fsp3) is 0.385. The van der Waals surface area contributed by atoms with E-state index in [-0.39, 0.29) is 16.4 Å². The summed E-state index contributed by atoms with van der Waals surface area (Å²) in [5.74, 6) is -2.43. The predicted molar refractivity (Wildman–Crippen MR) is 68.3 cm³/mol. The second-order valence-corrected chi connectivity index (χ2v) is 4.50. The lowest BCUT2D eigenvalue weighted by Gasteiger charge is -2.17. The Kier molecular flexibility index (Phi) is 4.73. The summed E-state index contributed by atoms with van der Waals surface area (Å²) in [5, 5.41) is 9.19. The van der Waals surface area contributed by atoms with Crippen molar-refractivity contribution in [2.24, 2.45) is 11.8 Å². The molecule has 0 bridgehead atoms. The van der Waals surface area contributed by atoms with Crippen molar-refractivity contribution in [2.75, 3.05) is 7.11 Å². The molecule has 0 saturated carbocycles. The standard InChI is InChI=1S/C13H15ClO4/c1-7(8(2)13(16)17)12(15)11-9(14)5-4-6-10(11)18-3/h4-8H,1-3H3,(H,16,17). The molecule has 0 fully saturated rings. The first-order valence-corrected chi connectivity index (χ1v) is 5.87. The quantitative estimate of drug-likeness (QED) is 0.836. The van der Waals surface area contributed by atoms with Crippen LogP contribution in [0, 0.1) is 11.8 Å². The fourth-order valence-corrected chi connectivity index (χ4v) is 1.84. The van der Waals surface area contributed by atoms with Gasteiger partial charge in [0.1, 0.15) is 5.75 Å². The van der Waals surface area contributed by atoms with E-state index in [2.05, 4.69) is 0 Å². The summed E-state index contributed by atoms with van der Waals surface area (Å²) in [6.45, 7) is 3.07. The molecule has 0 aliphatic heterocycles. The molecule has 98 valence electrons. The molecule has 1 N–H and O–H groups in total. The second-order valence-electron chi connectivity index (χ2n) is 4.10. The van der Waals surface area contributed by atoms with E-state index < -0.39 is 17.8 Å². The zero-order chi connectivity index (χ0) is 13.9. The lowest BCUT2D eigenvalue weighted by molar-refractivity contribution is -0.142. The summed E-state index contributed by atoms with van der Waals surface area (Å²) >= 11 is 5.98. The fourth-order valence-electron chi connectivity index (χ4n) is 1.58.